The molecule has 0 amide bonds. The molecule has 2 aromatic heterocycles. The first-order chi connectivity index (χ1) is 7.82. The third-order valence-corrected chi connectivity index (χ3v) is 2.80. The number of nitrogens with zero attached hydrogens (tertiary/aromatic N) is 1. The lowest BCUT2D eigenvalue weighted by Gasteiger charge is -2.15. The van der Waals surface area contributed by atoms with E-state index in [0.29, 0.717) is 22.2 Å². The van der Waals surface area contributed by atoms with Gasteiger partial charge in [-0.05, 0) is 25.5 Å². The monoisotopic (exact) mass is 238 g/mol. The Balaban J connectivity index is 2.99. The van der Waals surface area contributed by atoms with Gasteiger partial charge in [0.1, 0.15) is 0 Å². The van der Waals surface area contributed by atoms with Crippen molar-refractivity contribution >= 4 is 10.9 Å². The molecule has 0 aliphatic heterocycles. The third kappa shape index (κ3) is 1.81. The van der Waals surface area contributed by atoms with Gasteiger partial charge in [-0.1, -0.05) is 0 Å². The highest BCUT2D eigenvalue weighted by molar-refractivity contribution is 5.84. The van der Waals surface area contributed by atoms with Crippen LogP contribution < -0.4 is 5.56 Å². The smallest absolute Gasteiger partial charge is 0.276 e. The number of aromatic nitrogens is 2. The minimum Gasteiger partial charge on any atom is -0.321 e. The van der Waals surface area contributed by atoms with Gasteiger partial charge in [0.05, 0.1) is 11.1 Å². The predicted octanol–water partition coefficient (Wildman–Crippen LogP) is 2.65. The topological polar surface area (TPSA) is 45.8 Å². The number of alkyl halides is 2. The number of fused-ring (bicyclic) bond motifs is 1. The molecule has 0 unspecified atom stereocenters. The lowest BCUT2D eigenvalue weighted by atomic mass is 10.0. The Bertz CT molecular complexity index is 641. The van der Waals surface area contributed by atoms with Crippen LogP contribution in [0, 0.1) is 13.8 Å². The van der Waals surface area contributed by atoms with Gasteiger partial charge in [0, 0.05) is 24.2 Å². The van der Waals surface area contributed by atoms with Crippen LogP contribution in [0.15, 0.2) is 17.1 Å². The average molecular weight is 238 g/mol. The molecule has 0 spiro atoms. The summed E-state index contributed by atoms with van der Waals surface area (Å²) < 4.78 is 26.8. The highest BCUT2D eigenvalue weighted by Crippen LogP contribution is 2.30. The van der Waals surface area contributed by atoms with E-state index in [1.54, 1.807) is 13.0 Å². The van der Waals surface area contributed by atoms with E-state index in [4.69, 9.17) is 0 Å². The maximum Gasteiger partial charge on any atom is 0.276 e. The lowest BCUT2D eigenvalue weighted by molar-refractivity contribution is 0.0155. The van der Waals surface area contributed by atoms with Gasteiger partial charge in [-0.3, -0.25) is 9.78 Å². The van der Waals surface area contributed by atoms with E-state index in [1.807, 2.05) is 0 Å². The number of hydrogen-bond acceptors (Lipinski definition) is 2. The summed E-state index contributed by atoms with van der Waals surface area (Å²) in [7, 11) is 0. The quantitative estimate of drug-likeness (QED) is 0.830. The molecule has 0 bridgehead atoms. The highest BCUT2D eigenvalue weighted by atomic mass is 19.3. The van der Waals surface area contributed by atoms with E-state index >= 15 is 0 Å². The number of aryl methyl sites for hydroxylation is 2. The second-order valence-corrected chi connectivity index (χ2v) is 4.16. The zero-order valence-corrected chi connectivity index (χ0v) is 9.77. The molecule has 17 heavy (non-hydrogen) atoms. The van der Waals surface area contributed by atoms with E-state index in [9.17, 15) is 13.6 Å². The molecular weight excluding hydrogens is 226 g/mol. The number of aromatic amines is 1. The molecule has 2 rings (SSSR count). The van der Waals surface area contributed by atoms with Gasteiger partial charge in [-0.15, -0.1) is 0 Å². The van der Waals surface area contributed by atoms with Crippen LogP contribution in [0.3, 0.4) is 0 Å². The molecule has 0 aliphatic rings. The minimum atomic E-state index is -3.16. The summed E-state index contributed by atoms with van der Waals surface area (Å²) in [6, 6.07) is 1.61. The number of halogens is 2. The average Bonchev–Trinajstić information content (AvgIpc) is 2.14. The van der Waals surface area contributed by atoms with Gasteiger partial charge in [-0.25, -0.2) is 8.78 Å². The van der Waals surface area contributed by atoms with E-state index in [-0.39, 0.29) is 0 Å². The fraction of sp³-hybridized carbons (Fsp3) is 0.333. The molecule has 0 saturated carbocycles. The van der Waals surface area contributed by atoms with E-state index < -0.39 is 17.0 Å². The zero-order valence-electron chi connectivity index (χ0n) is 9.77. The second kappa shape index (κ2) is 3.61. The van der Waals surface area contributed by atoms with Crippen molar-refractivity contribution in [3.8, 4) is 0 Å². The van der Waals surface area contributed by atoms with Crippen LogP contribution in [-0.2, 0) is 5.92 Å². The molecule has 2 aromatic rings. The Labute approximate surface area is 96.5 Å². The van der Waals surface area contributed by atoms with Gasteiger partial charge in [0.15, 0.2) is 0 Å². The van der Waals surface area contributed by atoms with Crippen LogP contribution in [0.4, 0.5) is 8.78 Å². The van der Waals surface area contributed by atoms with Crippen molar-refractivity contribution < 1.29 is 8.78 Å². The number of rotatable bonds is 1. The zero-order chi connectivity index (χ0) is 12.8. The first kappa shape index (κ1) is 11.7. The number of hydrogen-bond donors (Lipinski definition) is 1. The molecule has 0 aromatic carbocycles. The normalized spacial score (nSPS) is 12.1. The SMILES string of the molecule is Cc1nccc2[nH]c(=O)c(C(C)(F)F)c(C)c12. The molecule has 1 N–H and O–H groups in total. The molecule has 0 aliphatic carbocycles. The summed E-state index contributed by atoms with van der Waals surface area (Å²) in [5.74, 6) is -3.16. The minimum absolute atomic E-state index is 0.293. The van der Waals surface area contributed by atoms with Crippen molar-refractivity contribution in [2.75, 3.05) is 0 Å². The molecule has 2 heterocycles. The van der Waals surface area contributed by atoms with Gasteiger partial charge >= 0.3 is 0 Å². The standard InChI is InChI=1S/C12H12F2N2O/c1-6-9-7(2)15-5-4-8(9)16-11(17)10(6)12(3,13)14/h4-5H,1-3H3,(H,16,17). The Hall–Kier alpha value is -1.78. The maximum atomic E-state index is 13.4. The van der Waals surface area contributed by atoms with Crippen molar-refractivity contribution in [3.63, 3.8) is 0 Å². The van der Waals surface area contributed by atoms with E-state index in [1.165, 1.54) is 13.1 Å². The maximum absolute atomic E-state index is 13.4. The van der Waals surface area contributed by atoms with Crippen molar-refractivity contribution in [2.45, 2.75) is 26.7 Å². The van der Waals surface area contributed by atoms with E-state index in [2.05, 4.69) is 9.97 Å². The van der Waals surface area contributed by atoms with Gasteiger partial charge in [-0.2, -0.15) is 0 Å². The molecular formula is C12H12F2N2O. The van der Waals surface area contributed by atoms with Crippen molar-refractivity contribution in [3.05, 3.63) is 39.4 Å². The van der Waals surface area contributed by atoms with E-state index in [0.717, 1.165) is 6.92 Å². The number of nitrogens with one attached hydrogen (secondary N) is 1. The van der Waals surface area contributed by atoms with Crippen LogP contribution >= 0.6 is 0 Å². The number of pyridine rings is 2. The summed E-state index contributed by atoms with van der Waals surface area (Å²) in [4.78, 5) is 18.2. The predicted molar refractivity (Wildman–Crippen MR) is 61.4 cm³/mol. The van der Waals surface area contributed by atoms with Crippen LogP contribution in [0.1, 0.15) is 23.7 Å². The molecule has 5 heteroatoms. The Morgan fingerprint density at radius 3 is 2.59 bits per heavy atom. The fourth-order valence-electron chi connectivity index (χ4n) is 2.15. The first-order valence-corrected chi connectivity index (χ1v) is 5.19. The van der Waals surface area contributed by atoms with Gasteiger partial charge < -0.3 is 4.98 Å². The summed E-state index contributed by atoms with van der Waals surface area (Å²) in [6.07, 6.45) is 1.54. The summed E-state index contributed by atoms with van der Waals surface area (Å²) in [6.45, 7) is 3.98. The van der Waals surface area contributed by atoms with Crippen LogP contribution in [-0.4, -0.2) is 9.97 Å². The molecule has 0 radical (unpaired) electrons. The van der Waals surface area contributed by atoms with Crippen LogP contribution in [0.5, 0.6) is 0 Å². The van der Waals surface area contributed by atoms with Gasteiger partial charge in [0.25, 0.3) is 11.5 Å². The third-order valence-electron chi connectivity index (χ3n) is 2.80. The van der Waals surface area contributed by atoms with Crippen LogP contribution in [0.25, 0.3) is 10.9 Å². The molecule has 90 valence electrons. The second-order valence-electron chi connectivity index (χ2n) is 4.16. The first-order valence-electron chi connectivity index (χ1n) is 5.19. The summed E-state index contributed by atoms with van der Waals surface area (Å²) in [5.41, 5.74) is 0.228. The van der Waals surface area contributed by atoms with Crippen molar-refractivity contribution in [1.82, 2.24) is 9.97 Å². The van der Waals surface area contributed by atoms with Gasteiger partial charge in [0.2, 0.25) is 0 Å². The molecule has 0 saturated heterocycles. The largest absolute Gasteiger partial charge is 0.321 e. The molecule has 0 atom stereocenters. The summed E-state index contributed by atoms with van der Waals surface area (Å²) >= 11 is 0. The Morgan fingerprint density at radius 1 is 1.35 bits per heavy atom. The van der Waals surface area contributed by atoms with Crippen molar-refractivity contribution in [1.29, 1.82) is 0 Å². The molecule has 3 nitrogen and oxygen atoms in total. The fourth-order valence-corrected chi connectivity index (χ4v) is 2.15. The van der Waals surface area contributed by atoms with Crippen molar-refractivity contribution in [2.24, 2.45) is 0 Å². The highest BCUT2D eigenvalue weighted by Gasteiger charge is 2.31. The Morgan fingerprint density at radius 2 is 2.00 bits per heavy atom. The molecule has 0 fully saturated rings. The number of H-pyrrole nitrogens is 1. The van der Waals surface area contributed by atoms with Crippen LogP contribution in [0.2, 0.25) is 0 Å². The lowest BCUT2D eigenvalue weighted by Crippen LogP contribution is -2.24. The Kier molecular flexibility index (Phi) is 2.49. The summed E-state index contributed by atoms with van der Waals surface area (Å²) in [5, 5.41) is 0.587.